The molecule has 14 heavy (non-hydrogen) atoms. The third kappa shape index (κ3) is 2.95. The number of pyridine rings is 1. The highest BCUT2D eigenvalue weighted by molar-refractivity contribution is 5.95. The van der Waals surface area contributed by atoms with Gasteiger partial charge in [0.25, 0.3) is 0 Å². The molecule has 0 bridgehead atoms. The Labute approximate surface area is 85.4 Å². The van der Waals surface area contributed by atoms with E-state index in [-0.39, 0.29) is 5.78 Å². The minimum absolute atomic E-state index is 0.215. The molecule has 0 spiro atoms. The van der Waals surface area contributed by atoms with Gasteiger partial charge in [-0.3, -0.25) is 9.78 Å². The first-order chi connectivity index (χ1) is 6.77. The fourth-order valence-electron chi connectivity index (χ4n) is 1.49. The average Bonchev–Trinajstić information content (AvgIpc) is 2.26. The van der Waals surface area contributed by atoms with Gasteiger partial charge in [0.2, 0.25) is 0 Å². The molecule has 2 nitrogen and oxygen atoms in total. The van der Waals surface area contributed by atoms with E-state index in [2.05, 4.69) is 18.8 Å². The molecule has 0 saturated carbocycles. The molecule has 0 fully saturated rings. The molecule has 1 rings (SSSR count). The lowest BCUT2D eigenvalue weighted by atomic mass is 9.95. The summed E-state index contributed by atoms with van der Waals surface area (Å²) in [6, 6.07) is 3.64. The van der Waals surface area contributed by atoms with Gasteiger partial charge in [-0.2, -0.15) is 0 Å². The Morgan fingerprint density at radius 2 is 2.14 bits per heavy atom. The number of nitrogens with zero attached hydrogens (tertiary/aromatic N) is 1. The van der Waals surface area contributed by atoms with E-state index < -0.39 is 0 Å². The quantitative estimate of drug-likeness (QED) is 0.669. The Morgan fingerprint density at radius 3 is 2.64 bits per heavy atom. The van der Waals surface area contributed by atoms with Crippen LogP contribution in [0.15, 0.2) is 24.5 Å². The lowest BCUT2D eigenvalue weighted by molar-refractivity contribution is 0.0958. The second kappa shape index (κ2) is 5.53. The Bertz CT molecular complexity index is 278. The maximum atomic E-state index is 11.7. The highest BCUT2D eigenvalue weighted by atomic mass is 16.1. The molecule has 0 radical (unpaired) electrons. The lowest BCUT2D eigenvalue weighted by Gasteiger charge is -2.10. The molecule has 0 N–H and O–H groups in total. The molecule has 2 heteroatoms. The first-order valence-corrected chi connectivity index (χ1v) is 5.21. The van der Waals surface area contributed by atoms with Crippen LogP contribution in [0.4, 0.5) is 0 Å². The number of carbonyl (C=O) groups is 1. The largest absolute Gasteiger partial charge is 0.294 e. The monoisotopic (exact) mass is 191 g/mol. The summed E-state index contributed by atoms with van der Waals surface area (Å²) >= 11 is 0. The van der Waals surface area contributed by atoms with Crippen molar-refractivity contribution in [1.29, 1.82) is 0 Å². The van der Waals surface area contributed by atoms with Crippen LogP contribution in [0.1, 0.15) is 43.5 Å². The van der Waals surface area contributed by atoms with Crippen molar-refractivity contribution in [3.8, 4) is 0 Å². The predicted octanol–water partition coefficient (Wildman–Crippen LogP) is 3.09. The zero-order chi connectivity index (χ0) is 10.4. The maximum absolute atomic E-state index is 11.7. The summed E-state index contributed by atoms with van der Waals surface area (Å²) in [4.78, 5) is 15.7. The van der Waals surface area contributed by atoms with Crippen molar-refractivity contribution >= 4 is 5.78 Å². The topological polar surface area (TPSA) is 30.0 Å². The second-order valence-corrected chi connectivity index (χ2v) is 3.55. The van der Waals surface area contributed by atoms with Crippen LogP contribution in [0.5, 0.6) is 0 Å². The normalized spacial score (nSPS) is 10.5. The van der Waals surface area contributed by atoms with Crippen LogP contribution in [-0.2, 0) is 0 Å². The third-order valence-corrected chi connectivity index (χ3v) is 2.61. The number of hydrogen-bond donors (Lipinski definition) is 0. The summed E-state index contributed by atoms with van der Waals surface area (Å²) in [6.45, 7) is 4.26. The van der Waals surface area contributed by atoms with E-state index in [4.69, 9.17) is 0 Å². The molecule has 0 aliphatic carbocycles. The summed E-state index contributed by atoms with van der Waals surface area (Å²) in [6.07, 6.45) is 6.13. The smallest absolute Gasteiger partial charge is 0.164 e. The number of ketones is 1. The number of rotatable bonds is 5. The predicted molar refractivity (Wildman–Crippen MR) is 57.3 cm³/mol. The molecular formula is C12H17NO. The van der Waals surface area contributed by atoms with Gasteiger partial charge in [0.05, 0.1) is 0 Å². The number of carbonyl (C=O) groups excluding carboxylic acids is 1. The molecule has 0 saturated heterocycles. The number of Topliss-reactive ketones (excluding diaryl/α,β-unsaturated/α-hetero) is 1. The fraction of sp³-hybridized carbons (Fsp3) is 0.500. The van der Waals surface area contributed by atoms with Crippen molar-refractivity contribution < 1.29 is 4.79 Å². The molecule has 0 unspecified atom stereocenters. The molecule has 1 heterocycles. The van der Waals surface area contributed by atoms with E-state index in [9.17, 15) is 4.79 Å². The van der Waals surface area contributed by atoms with E-state index in [1.54, 1.807) is 18.5 Å². The van der Waals surface area contributed by atoms with Gasteiger partial charge in [-0.15, -0.1) is 0 Å². The molecule has 76 valence electrons. The SMILES string of the molecule is CCC(CC)CC(=O)c1cccnc1. The fourth-order valence-corrected chi connectivity index (χ4v) is 1.49. The molecule has 1 aromatic rings. The highest BCUT2D eigenvalue weighted by Crippen LogP contribution is 2.15. The van der Waals surface area contributed by atoms with E-state index in [1.807, 2.05) is 6.07 Å². The molecule has 0 amide bonds. The van der Waals surface area contributed by atoms with E-state index in [0.717, 1.165) is 18.4 Å². The lowest BCUT2D eigenvalue weighted by Crippen LogP contribution is -2.07. The summed E-state index contributed by atoms with van der Waals surface area (Å²) < 4.78 is 0. The van der Waals surface area contributed by atoms with Crippen molar-refractivity contribution in [2.24, 2.45) is 5.92 Å². The van der Waals surface area contributed by atoms with Gasteiger partial charge in [-0.05, 0) is 18.1 Å². The van der Waals surface area contributed by atoms with Gasteiger partial charge in [0, 0.05) is 24.4 Å². The Kier molecular flexibility index (Phi) is 4.30. The van der Waals surface area contributed by atoms with Gasteiger partial charge < -0.3 is 0 Å². The standard InChI is InChI=1S/C12H17NO/c1-3-10(4-2)8-12(14)11-6-5-7-13-9-11/h5-7,9-10H,3-4,8H2,1-2H3. The number of aromatic nitrogens is 1. The summed E-state index contributed by atoms with van der Waals surface area (Å²) in [5, 5.41) is 0. The van der Waals surface area contributed by atoms with Crippen LogP contribution >= 0.6 is 0 Å². The maximum Gasteiger partial charge on any atom is 0.164 e. The zero-order valence-corrected chi connectivity index (χ0v) is 8.86. The van der Waals surface area contributed by atoms with Gasteiger partial charge in [0.1, 0.15) is 0 Å². The van der Waals surface area contributed by atoms with Gasteiger partial charge >= 0.3 is 0 Å². The van der Waals surface area contributed by atoms with Crippen molar-refractivity contribution in [2.45, 2.75) is 33.1 Å². The summed E-state index contributed by atoms with van der Waals surface area (Å²) in [5.74, 6) is 0.731. The van der Waals surface area contributed by atoms with Crippen molar-refractivity contribution in [3.05, 3.63) is 30.1 Å². The van der Waals surface area contributed by atoms with Crippen molar-refractivity contribution in [3.63, 3.8) is 0 Å². The molecule has 0 aliphatic rings. The van der Waals surface area contributed by atoms with Gasteiger partial charge in [0.15, 0.2) is 5.78 Å². The Balaban J connectivity index is 2.59. The molecule has 0 aliphatic heterocycles. The molecular weight excluding hydrogens is 174 g/mol. The van der Waals surface area contributed by atoms with E-state index in [1.165, 1.54) is 0 Å². The van der Waals surface area contributed by atoms with Crippen molar-refractivity contribution in [2.75, 3.05) is 0 Å². The van der Waals surface area contributed by atoms with Crippen LogP contribution < -0.4 is 0 Å². The van der Waals surface area contributed by atoms with Crippen LogP contribution in [0.2, 0.25) is 0 Å². The van der Waals surface area contributed by atoms with Crippen LogP contribution in [0.25, 0.3) is 0 Å². The van der Waals surface area contributed by atoms with Crippen LogP contribution in [-0.4, -0.2) is 10.8 Å². The molecule has 0 aromatic carbocycles. The Morgan fingerprint density at radius 1 is 1.43 bits per heavy atom. The van der Waals surface area contributed by atoms with E-state index >= 15 is 0 Å². The minimum Gasteiger partial charge on any atom is -0.294 e. The van der Waals surface area contributed by atoms with E-state index in [0.29, 0.717) is 12.3 Å². The van der Waals surface area contributed by atoms with Gasteiger partial charge in [-0.1, -0.05) is 26.7 Å². The molecule has 0 atom stereocenters. The number of hydrogen-bond acceptors (Lipinski definition) is 2. The zero-order valence-electron chi connectivity index (χ0n) is 8.86. The second-order valence-electron chi connectivity index (χ2n) is 3.55. The first kappa shape index (κ1) is 10.9. The van der Waals surface area contributed by atoms with Crippen molar-refractivity contribution in [1.82, 2.24) is 4.98 Å². The Hall–Kier alpha value is -1.18. The average molecular weight is 191 g/mol. The summed E-state index contributed by atoms with van der Waals surface area (Å²) in [7, 11) is 0. The van der Waals surface area contributed by atoms with Gasteiger partial charge in [-0.25, -0.2) is 0 Å². The third-order valence-electron chi connectivity index (χ3n) is 2.61. The highest BCUT2D eigenvalue weighted by Gasteiger charge is 2.11. The van der Waals surface area contributed by atoms with Crippen LogP contribution in [0.3, 0.4) is 0 Å². The minimum atomic E-state index is 0.215. The van der Waals surface area contributed by atoms with Crippen LogP contribution in [0, 0.1) is 5.92 Å². The molecule has 1 aromatic heterocycles. The first-order valence-electron chi connectivity index (χ1n) is 5.21. The summed E-state index contributed by atoms with van der Waals surface area (Å²) in [5.41, 5.74) is 0.736.